The first kappa shape index (κ1) is 13.9. The first-order valence-electron chi connectivity index (χ1n) is 6.85. The Bertz CT molecular complexity index is 445. The van der Waals surface area contributed by atoms with Crippen molar-refractivity contribution in [3.63, 3.8) is 0 Å². The van der Waals surface area contributed by atoms with Gasteiger partial charge in [0, 0.05) is 26.3 Å². The summed E-state index contributed by atoms with van der Waals surface area (Å²) in [5, 5.41) is 2.95. The lowest BCUT2D eigenvalue weighted by atomic mass is 10.0. The van der Waals surface area contributed by atoms with Crippen LogP contribution < -0.4 is 10.2 Å². The molecule has 0 bridgehead atoms. The molecule has 1 aliphatic rings. The lowest BCUT2D eigenvalue weighted by Crippen LogP contribution is -2.36. The van der Waals surface area contributed by atoms with Gasteiger partial charge >= 0.3 is 0 Å². The summed E-state index contributed by atoms with van der Waals surface area (Å²) in [5.41, 5.74) is 2.43. The number of benzene rings is 1. The lowest BCUT2D eigenvalue weighted by molar-refractivity contribution is -0.131. The second-order valence-electron chi connectivity index (χ2n) is 5.26. The Morgan fingerprint density at radius 2 is 2.26 bits per heavy atom. The van der Waals surface area contributed by atoms with Gasteiger partial charge in [-0.15, -0.1) is 0 Å². The smallest absolute Gasteiger partial charge is 0.237 e. The zero-order valence-corrected chi connectivity index (χ0v) is 12.0. The normalized spacial score (nSPS) is 18.7. The maximum atomic E-state index is 12.1. The van der Waals surface area contributed by atoms with E-state index in [2.05, 4.69) is 34.5 Å². The van der Waals surface area contributed by atoms with E-state index in [0.29, 0.717) is 6.54 Å². The highest BCUT2D eigenvalue weighted by Gasteiger charge is 2.29. The van der Waals surface area contributed by atoms with Gasteiger partial charge in [-0.1, -0.05) is 12.1 Å². The number of likely N-dealkylation sites (tertiary alicyclic amines) is 1. The molecule has 0 aliphatic carbocycles. The van der Waals surface area contributed by atoms with Crippen LogP contribution in [0.4, 0.5) is 5.69 Å². The zero-order chi connectivity index (χ0) is 13.8. The van der Waals surface area contributed by atoms with Gasteiger partial charge in [0.25, 0.3) is 0 Å². The molecule has 0 aromatic heterocycles. The third-order valence-corrected chi connectivity index (χ3v) is 3.67. The predicted molar refractivity (Wildman–Crippen MR) is 78.4 cm³/mol. The monoisotopic (exact) mass is 261 g/mol. The molecule has 1 unspecified atom stereocenters. The molecule has 0 radical (unpaired) electrons. The fourth-order valence-corrected chi connectivity index (χ4v) is 2.67. The van der Waals surface area contributed by atoms with E-state index in [1.807, 2.05) is 26.0 Å². The maximum absolute atomic E-state index is 12.1. The second kappa shape index (κ2) is 6.06. The van der Waals surface area contributed by atoms with Gasteiger partial charge in [0.05, 0.1) is 12.6 Å². The Hall–Kier alpha value is -1.55. The predicted octanol–water partition coefficient (Wildman–Crippen LogP) is 1.64. The van der Waals surface area contributed by atoms with Gasteiger partial charge in [-0.05, 0) is 37.6 Å². The summed E-state index contributed by atoms with van der Waals surface area (Å²) in [7, 11) is 5.89. The summed E-state index contributed by atoms with van der Waals surface area (Å²) in [6, 6.07) is 8.72. The van der Waals surface area contributed by atoms with Gasteiger partial charge < -0.3 is 15.1 Å². The van der Waals surface area contributed by atoms with Crippen molar-refractivity contribution in [2.24, 2.45) is 0 Å². The number of rotatable bonds is 4. The minimum Gasteiger partial charge on any atom is -0.378 e. The molecule has 1 aromatic carbocycles. The van der Waals surface area contributed by atoms with E-state index in [9.17, 15) is 4.79 Å². The number of likely N-dealkylation sites (N-methyl/N-ethyl adjacent to an activating group) is 1. The van der Waals surface area contributed by atoms with Gasteiger partial charge in [0.2, 0.25) is 5.91 Å². The molecule has 0 spiro atoms. The van der Waals surface area contributed by atoms with Gasteiger partial charge in [-0.2, -0.15) is 0 Å². The second-order valence-corrected chi connectivity index (χ2v) is 5.26. The summed E-state index contributed by atoms with van der Waals surface area (Å²) in [6.45, 7) is 1.29. The van der Waals surface area contributed by atoms with Crippen LogP contribution in [0.25, 0.3) is 0 Å². The van der Waals surface area contributed by atoms with E-state index in [-0.39, 0.29) is 11.9 Å². The third kappa shape index (κ3) is 3.07. The van der Waals surface area contributed by atoms with Crippen molar-refractivity contribution < 1.29 is 4.79 Å². The summed E-state index contributed by atoms with van der Waals surface area (Å²) >= 11 is 0. The van der Waals surface area contributed by atoms with Crippen molar-refractivity contribution in [3.05, 3.63) is 29.8 Å². The van der Waals surface area contributed by atoms with E-state index >= 15 is 0 Å². The van der Waals surface area contributed by atoms with E-state index in [1.165, 1.54) is 11.3 Å². The fraction of sp³-hybridized carbons (Fsp3) is 0.533. The van der Waals surface area contributed by atoms with Crippen LogP contribution in [0.15, 0.2) is 24.3 Å². The largest absolute Gasteiger partial charge is 0.378 e. The van der Waals surface area contributed by atoms with Crippen LogP contribution in [0.2, 0.25) is 0 Å². The van der Waals surface area contributed by atoms with Crippen molar-refractivity contribution >= 4 is 11.6 Å². The molecule has 19 heavy (non-hydrogen) atoms. The average Bonchev–Trinajstić information content (AvgIpc) is 2.88. The summed E-state index contributed by atoms with van der Waals surface area (Å²) < 4.78 is 0. The number of hydrogen-bond acceptors (Lipinski definition) is 3. The molecule has 2 rings (SSSR count). The molecule has 0 saturated carbocycles. The Morgan fingerprint density at radius 3 is 2.95 bits per heavy atom. The summed E-state index contributed by atoms with van der Waals surface area (Å²) in [5.74, 6) is 0.195. The van der Waals surface area contributed by atoms with Crippen LogP contribution in [-0.2, 0) is 4.79 Å². The molecular formula is C15H23N3O. The highest BCUT2D eigenvalue weighted by atomic mass is 16.2. The molecule has 4 nitrogen and oxygen atoms in total. The van der Waals surface area contributed by atoms with Crippen LogP contribution in [-0.4, -0.2) is 45.0 Å². The molecule has 1 aromatic rings. The molecule has 104 valence electrons. The maximum Gasteiger partial charge on any atom is 0.237 e. The lowest BCUT2D eigenvalue weighted by Gasteiger charge is -2.26. The zero-order valence-electron chi connectivity index (χ0n) is 12.0. The van der Waals surface area contributed by atoms with E-state index in [1.54, 1.807) is 0 Å². The SMILES string of the molecule is CNCC(=O)N1CCCC1c1cccc(N(C)C)c1. The number of carbonyl (C=O) groups is 1. The third-order valence-electron chi connectivity index (χ3n) is 3.67. The molecule has 1 fully saturated rings. The van der Waals surface area contributed by atoms with Gasteiger partial charge in [0.1, 0.15) is 0 Å². The Labute approximate surface area is 115 Å². The van der Waals surface area contributed by atoms with Crippen molar-refractivity contribution in [3.8, 4) is 0 Å². The molecule has 1 amide bonds. The number of nitrogens with one attached hydrogen (secondary N) is 1. The molecule has 1 atom stereocenters. The van der Waals surface area contributed by atoms with Crippen LogP contribution >= 0.6 is 0 Å². The average molecular weight is 261 g/mol. The first-order chi connectivity index (χ1) is 9.13. The van der Waals surface area contributed by atoms with Gasteiger partial charge in [-0.25, -0.2) is 0 Å². The number of carbonyl (C=O) groups excluding carboxylic acids is 1. The highest BCUT2D eigenvalue weighted by Crippen LogP contribution is 2.33. The summed E-state index contributed by atoms with van der Waals surface area (Å²) in [6.07, 6.45) is 2.15. The molecule has 1 saturated heterocycles. The molecule has 1 aliphatic heterocycles. The van der Waals surface area contributed by atoms with Crippen LogP contribution in [0.5, 0.6) is 0 Å². The van der Waals surface area contributed by atoms with Crippen LogP contribution in [0, 0.1) is 0 Å². The quantitative estimate of drug-likeness (QED) is 0.895. The molecule has 4 heteroatoms. The van der Waals surface area contributed by atoms with E-state index in [4.69, 9.17) is 0 Å². The topological polar surface area (TPSA) is 35.6 Å². The van der Waals surface area contributed by atoms with Crippen LogP contribution in [0.3, 0.4) is 0 Å². The number of nitrogens with zero attached hydrogens (tertiary/aromatic N) is 2. The van der Waals surface area contributed by atoms with Crippen molar-refractivity contribution in [1.29, 1.82) is 0 Å². The van der Waals surface area contributed by atoms with Crippen LogP contribution in [0.1, 0.15) is 24.4 Å². The Balaban J connectivity index is 2.20. The van der Waals surface area contributed by atoms with E-state index in [0.717, 1.165) is 19.4 Å². The standard InChI is InChI=1S/C15H23N3O/c1-16-11-15(19)18-9-5-8-14(18)12-6-4-7-13(10-12)17(2)3/h4,6-7,10,14,16H,5,8-9,11H2,1-3H3. The van der Waals surface area contributed by atoms with E-state index < -0.39 is 0 Å². The highest BCUT2D eigenvalue weighted by molar-refractivity contribution is 5.79. The molecular weight excluding hydrogens is 238 g/mol. The van der Waals surface area contributed by atoms with Gasteiger partial charge in [0.15, 0.2) is 0 Å². The molecule has 1 N–H and O–H groups in total. The Kier molecular flexibility index (Phi) is 4.43. The number of amides is 1. The molecule has 1 heterocycles. The summed E-state index contributed by atoms with van der Waals surface area (Å²) in [4.78, 5) is 16.2. The number of anilines is 1. The van der Waals surface area contributed by atoms with Gasteiger partial charge in [-0.3, -0.25) is 4.79 Å². The minimum atomic E-state index is 0.195. The number of hydrogen-bond donors (Lipinski definition) is 1. The Morgan fingerprint density at radius 1 is 1.47 bits per heavy atom. The fourth-order valence-electron chi connectivity index (χ4n) is 2.67. The van der Waals surface area contributed by atoms with Crippen molar-refractivity contribution in [2.75, 3.05) is 39.1 Å². The first-order valence-corrected chi connectivity index (χ1v) is 6.85. The van der Waals surface area contributed by atoms with Crippen molar-refractivity contribution in [2.45, 2.75) is 18.9 Å². The minimum absolute atomic E-state index is 0.195. The van der Waals surface area contributed by atoms with Crippen molar-refractivity contribution in [1.82, 2.24) is 10.2 Å².